The quantitative estimate of drug-likeness (QED) is 0.134. The topological polar surface area (TPSA) is 61.8 Å². The van der Waals surface area contributed by atoms with E-state index < -0.39 is 8.32 Å². The summed E-state index contributed by atoms with van der Waals surface area (Å²) in [6.45, 7) is 11.3. The van der Waals surface area contributed by atoms with Crippen LogP contribution in [0.1, 0.15) is 56.0 Å². The third-order valence-corrected chi connectivity index (χ3v) is 13.9. The Bertz CT molecular complexity index is 1410. The number of carbonyl (C=O) groups excluding carboxylic acids is 2. The zero-order valence-corrected chi connectivity index (χ0v) is 27.0. The summed E-state index contributed by atoms with van der Waals surface area (Å²) < 4.78 is 18.7. The Balaban J connectivity index is 1.33. The Labute approximate surface area is 257 Å². The molecular formula is C37H44O5Si. The molecule has 1 saturated heterocycles. The van der Waals surface area contributed by atoms with Crippen LogP contribution in [0.25, 0.3) is 11.1 Å². The normalized spacial score (nSPS) is 22.8. The zero-order chi connectivity index (χ0) is 30.6. The maximum atomic E-state index is 13.3. The SMILES string of the molecule is CC(C)(C)[Si](C)(C)O[C@H](/C=C/[C@H]1C(OC(=O)c2ccc(-c3ccccc3)cc2)C[C@@H]2OC(=O)C[C@@H]21)CCc1ccccc1. The molecule has 1 unspecified atom stereocenters. The fourth-order valence-corrected chi connectivity index (χ4v) is 7.19. The molecule has 5 nitrogen and oxygen atoms in total. The van der Waals surface area contributed by atoms with Gasteiger partial charge in [0.15, 0.2) is 8.32 Å². The van der Waals surface area contributed by atoms with E-state index in [1.165, 1.54) is 5.56 Å². The molecule has 0 amide bonds. The van der Waals surface area contributed by atoms with Crippen molar-refractivity contribution < 1.29 is 23.5 Å². The number of fused-ring (bicyclic) bond motifs is 1. The lowest BCUT2D eigenvalue weighted by molar-refractivity contribution is -0.141. The van der Waals surface area contributed by atoms with Gasteiger partial charge in [-0.3, -0.25) is 4.79 Å². The first-order chi connectivity index (χ1) is 20.5. The fraction of sp³-hybridized carbons (Fsp3) is 0.405. The van der Waals surface area contributed by atoms with E-state index >= 15 is 0 Å². The molecule has 5 atom stereocenters. The molecule has 0 bridgehead atoms. The summed E-state index contributed by atoms with van der Waals surface area (Å²) in [6, 6.07) is 28.1. The van der Waals surface area contributed by atoms with Gasteiger partial charge in [0.2, 0.25) is 0 Å². The number of benzene rings is 3. The minimum absolute atomic E-state index is 0.00958. The van der Waals surface area contributed by atoms with Gasteiger partial charge in [0.25, 0.3) is 0 Å². The van der Waals surface area contributed by atoms with Crippen LogP contribution >= 0.6 is 0 Å². The van der Waals surface area contributed by atoms with E-state index in [4.69, 9.17) is 13.9 Å². The predicted octanol–water partition coefficient (Wildman–Crippen LogP) is 8.41. The monoisotopic (exact) mass is 596 g/mol. The van der Waals surface area contributed by atoms with Crippen LogP contribution in [0.2, 0.25) is 18.1 Å². The summed E-state index contributed by atoms with van der Waals surface area (Å²) >= 11 is 0. The first kappa shape index (κ1) is 31.0. The van der Waals surface area contributed by atoms with Crippen molar-refractivity contribution in [3.63, 3.8) is 0 Å². The molecule has 0 N–H and O–H groups in total. The van der Waals surface area contributed by atoms with E-state index in [2.05, 4.69) is 70.3 Å². The Kier molecular flexibility index (Phi) is 9.38. The Morgan fingerprint density at radius 1 is 0.953 bits per heavy atom. The molecule has 1 aliphatic carbocycles. The van der Waals surface area contributed by atoms with Crippen molar-refractivity contribution in [1.82, 2.24) is 0 Å². The van der Waals surface area contributed by atoms with Crippen LogP contribution in [-0.4, -0.2) is 38.6 Å². The van der Waals surface area contributed by atoms with Gasteiger partial charge in [-0.2, -0.15) is 0 Å². The smallest absolute Gasteiger partial charge is 0.338 e. The van der Waals surface area contributed by atoms with Gasteiger partial charge in [0.1, 0.15) is 12.2 Å². The van der Waals surface area contributed by atoms with Crippen LogP contribution in [0, 0.1) is 11.8 Å². The lowest BCUT2D eigenvalue weighted by Crippen LogP contribution is -2.43. The highest BCUT2D eigenvalue weighted by atomic mass is 28.4. The van der Waals surface area contributed by atoms with E-state index in [9.17, 15) is 9.59 Å². The molecule has 1 saturated carbocycles. The van der Waals surface area contributed by atoms with Gasteiger partial charge in [-0.1, -0.05) is 106 Å². The van der Waals surface area contributed by atoms with Crippen LogP contribution in [0.3, 0.4) is 0 Å². The average molecular weight is 597 g/mol. The van der Waals surface area contributed by atoms with Crippen LogP contribution in [0.5, 0.6) is 0 Å². The molecule has 3 aromatic carbocycles. The second-order valence-corrected chi connectivity index (χ2v) is 18.2. The molecule has 3 aromatic rings. The van der Waals surface area contributed by atoms with Gasteiger partial charge in [0.05, 0.1) is 18.1 Å². The Morgan fingerprint density at radius 3 is 2.23 bits per heavy atom. The van der Waals surface area contributed by atoms with E-state index in [1.54, 1.807) is 0 Å². The minimum Gasteiger partial charge on any atom is -0.462 e. The number of carbonyl (C=O) groups is 2. The van der Waals surface area contributed by atoms with Gasteiger partial charge < -0.3 is 13.9 Å². The maximum Gasteiger partial charge on any atom is 0.338 e. The summed E-state index contributed by atoms with van der Waals surface area (Å²) in [5.41, 5.74) is 3.93. The maximum absolute atomic E-state index is 13.3. The number of esters is 2. The number of aryl methyl sites for hydroxylation is 1. The van der Waals surface area contributed by atoms with Crippen molar-refractivity contribution in [2.45, 2.75) is 82.9 Å². The van der Waals surface area contributed by atoms with E-state index in [0.717, 1.165) is 24.0 Å². The molecule has 43 heavy (non-hydrogen) atoms. The molecular weight excluding hydrogens is 552 g/mol. The molecule has 2 aliphatic rings. The lowest BCUT2D eigenvalue weighted by atomic mass is 9.91. The molecule has 226 valence electrons. The predicted molar refractivity (Wildman–Crippen MR) is 173 cm³/mol. The van der Waals surface area contributed by atoms with Crippen molar-refractivity contribution >= 4 is 20.3 Å². The third-order valence-electron chi connectivity index (χ3n) is 9.40. The van der Waals surface area contributed by atoms with Crippen molar-refractivity contribution in [2.75, 3.05) is 0 Å². The highest BCUT2D eigenvalue weighted by Gasteiger charge is 2.51. The molecule has 1 aliphatic heterocycles. The summed E-state index contributed by atoms with van der Waals surface area (Å²) in [5.74, 6) is -0.656. The number of hydrogen-bond acceptors (Lipinski definition) is 5. The molecule has 5 rings (SSSR count). The number of rotatable bonds is 10. The largest absolute Gasteiger partial charge is 0.462 e. The fourth-order valence-electron chi connectivity index (χ4n) is 5.88. The average Bonchev–Trinajstić information content (AvgIpc) is 3.50. The molecule has 0 spiro atoms. The highest BCUT2D eigenvalue weighted by molar-refractivity contribution is 6.74. The lowest BCUT2D eigenvalue weighted by Gasteiger charge is -2.39. The van der Waals surface area contributed by atoms with E-state index in [0.29, 0.717) is 18.4 Å². The molecule has 2 fully saturated rings. The highest BCUT2D eigenvalue weighted by Crippen LogP contribution is 2.44. The van der Waals surface area contributed by atoms with Gasteiger partial charge >= 0.3 is 11.9 Å². The number of hydrogen-bond donors (Lipinski definition) is 0. The van der Waals surface area contributed by atoms with E-state index in [1.807, 2.05) is 60.7 Å². The van der Waals surface area contributed by atoms with Crippen LogP contribution in [0.4, 0.5) is 0 Å². The van der Waals surface area contributed by atoms with Crippen molar-refractivity contribution in [3.05, 3.63) is 108 Å². The molecule has 0 aromatic heterocycles. The minimum atomic E-state index is -2.05. The molecule has 0 radical (unpaired) electrons. The van der Waals surface area contributed by atoms with Gasteiger partial charge in [-0.25, -0.2) is 4.79 Å². The van der Waals surface area contributed by atoms with Crippen LogP contribution < -0.4 is 0 Å². The summed E-state index contributed by atoms with van der Waals surface area (Å²) in [7, 11) is -2.05. The first-order valence-electron chi connectivity index (χ1n) is 15.5. The number of ether oxygens (including phenoxy) is 2. The second-order valence-electron chi connectivity index (χ2n) is 13.4. The molecule has 1 heterocycles. The van der Waals surface area contributed by atoms with Crippen molar-refractivity contribution in [2.24, 2.45) is 11.8 Å². The van der Waals surface area contributed by atoms with Crippen LogP contribution in [0.15, 0.2) is 97.1 Å². The van der Waals surface area contributed by atoms with Gasteiger partial charge in [0, 0.05) is 18.3 Å². The van der Waals surface area contributed by atoms with Gasteiger partial charge in [-0.15, -0.1) is 0 Å². The summed E-state index contributed by atoms with van der Waals surface area (Å²) in [5, 5.41) is 0.0735. The second kappa shape index (κ2) is 13.0. The van der Waals surface area contributed by atoms with E-state index in [-0.39, 0.29) is 47.1 Å². The molecule has 6 heteroatoms. The third kappa shape index (κ3) is 7.54. The van der Waals surface area contributed by atoms with Gasteiger partial charge in [-0.05, 0) is 59.8 Å². The van der Waals surface area contributed by atoms with Crippen molar-refractivity contribution in [3.8, 4) is 11.1 Å². The Hall–Kier alpha value is -3.48. The summed E-state index contributed by atoms with van der Waals surface area (Å²) in [4.78, 5) is 25.5. The Morgan fingerprint density at radius 2 is 1.58 bits per heavy atom. The summed E-state index contributed by atoms with van der Waals surface area (Å²) in [6.07, 6.45) is 6.23. The van der Waals surface area contributed by atoms with Crippen LogP contribution in [-0.2, 0) is 25.1 Å². The zero-order valence-electron chi connectivity index (χ0n) is 26.0. The first-order valence-corrected chi connectivity index (χ1v) is 18.4. The van der Waals surface area contributed by atoms with Crippen molar-refractivity contribution in [1.29, 1.82) is 0 Å². The standard InChI is InChI=1S/C37H44O5Si/c1-37(2,3)43(4,5)42-30(21-16-26-12-8-6-9-13-26)22-23-31-32-24-35(38)40-34(32)25-33(31)41-36(39)29-19-17-28(18-20-29)27-14-10-7-11-15-27/h6-15,17-20,22-23,30-34H,16,21,24-25H2,1-5H3/b23-22+/t30-,31+,32+,33?,34-/m0/s1.